The number of fused-ring (bicyclic) bond motifs is 5. The van der Waals surface area contributed by atoms with Crippen LogP contribution in [0, 0.1) is 0 Å². The highest BCUT2D eigenvalue weighted by Crippen LogP contribution is 2.50. The lowest BCUT2D eigenvalue weighted by Gasteiger charge is -2.40. The summed E-state index contributed by atoms with van der Waals surface area (Å²) < 4.78 is 0. The quantitative estimate of drug-likeness (QED) is 0.333. The zero-order chi connectivity index (χ0) is 25.2. The first-order valence-corrected chi connectivity index (χ1v) is 12.8. The molecule has 2 atom stereocenters. The first-order valence-electron chi connectivity index (χ1n) is 12.8. The number of carbonyl (C=O) groups excluding carboxylic acids is 2. The van der Waals surface area contributed by atoms with Crippen LogP contribution in [0.3, 0.4) is 0 Å². The Bertz CT molecular complexity index is 1480. The van der Waals surface area contributed by atoms with Crippen LogP contribution in [0.25, 0.3) is 10.9 Å². The summed E-state index contributed by atoms with van der Waals surface area (Å²) in [5.41, 5.74) is 6.05. The molecule has 5 heteroatoms. The second kappa shape index (κ2) is 8.09. The minimum Gasteiger partial charge on any atom is -0.356 e. The maximum Gasteiger partial charge on any atom is 0.332 e. The number of amides is 3. The molecule has 2 aliphatic rings. The largest absolute Gasteiger partial charge is 0.356 e. The molecule has 1 fully saturated rings. The van der Waals surface area contributed by atoms with E-state index >= 15 is 0 Å². The standard InChI is InChI=1S/C31H31N3O2/c1-5-20-10-12-22(13-11-20)25-18-33-30(36)34(23-16-14-21(15-17-23)19(2)3)29(35)31(33,4)28-27(25)24-8-6-7-9-26(24)32-28/h6-17,19,25,32H,5,18H2,1-4H3/t25?,31-/m0/s1. The number of nitrogens with one attached hydrogen (secondary N) is 1. The third-order valence-electron chi connectivity index (χ3n) is 8.14. The van der Waals surface area contributed by atoms with Gasteiger partial charge in [0.05, 0.1) is 11.4 Å². The molecule has 1 unspecified atom stereocenters. The number of rotatable bonds is 4. The van der Waals surface area contributed by atoms with Crippen molar-refractivity contribution >= 4 is 28.5 Å². The van der Waals surface area contributed by atoms with Gasteiger partial charge in [0.1, 0.15) is 0 Å². The van der Waals surface area contributed by atoms with Gasteiger partial charge in [-0.05, 0) is 59.7 Å². The van der Waals surface area contributed by atoms with E-state index in [2.05, 4.69) is 56.1 Å². The predicted molar refractivity (Wildman–Crippen MR) is 143 cm³/mol. The zero-order valence-electron chi connectivity index (χ0n) is 21.2. The van der Waals surface area contributed by atoms with E-state index in [-0.39, 0.29) is 17.9 Å². The number of anilines is 1. The lowest BCUT2D eigenvalue weighted by molar-refractivity contribution is -0.125. The molecule has 0 aliphatic carbocycles. The summed E-state index contributed by atoms with van der Waals surface area (Å²) in [5.74, 6) is 0.133. The van der Waals surface area contributed by atoms with E-state index in [0.29, 0.717) is 18.2 Å². The molecule has 0 saturated carbocycles. The molecule has 3 heterocycles. The maximum absolute atomic E-state index is 14.1. The summed E-state index contributed by atoms with van der Waals surface area (Å²) in [4.78, 5) is 34.7. The normalized spacial score (nSPS) is 21.4. The van der Waals surface area contributed by atoms with Crippen LogP contribution in [0.1, 0.15) is 67.5 Å². The van der Waals surface area contributed by atoms with Crippen molar-refractivity contribution in [3.8, 4) is 0 Å². The Balaban J connectivity index is 1.51. The Labute approximate surface area is 211 Å². The van der Waals surface area contributed by atoms with Gasteiger partial charge in [0.15, 0.2) is 5.54 Å². The minimum atomic E-state index is -1.10. The molecule has 36 heavy (non-hydrogen) atoms. The van der Waals surface area contributed by atoms with Crippen LogP contribution in [0.5, 0.6) is 0 Å². The van der Waals surface area contributed by atoms with E-state index in [1.54, 1.807) is 4.90 Å². The van der Waals surface area contributed by atoms with E-state index in [0.717, 1.165) is 34.1 Å². The monoisotopic (exact) mass is 477 g/mol. The van der Waals surface area contributed by atoms with Gasteiger partial charge < -0.3 is 9.88 Å². The lowest BCUT2D eigenvalue weighted by atomic mass is 9.78. The topological polar surface area (TPSA) is 56.4 Å². The number of aryl methyl sites for hydroxylation is 1. The minimum absolute atomic E-state index is 0.0323. The van der Waals surface area contributed by atoms with Gasteiger partial charge >= 0.3 is 6.03 Å². The third-order valence-corrected chi connectivity index (χ3v) is 8.14. The average Bonchev–Trinajstić information content (AvgIpc) is 3.38. The summed E-state index contributed by atoms with van der Waals surface area (Å²) in [6.45, 7) is 8.75. The number of para-hydroxylation sites is 1. The lowest BCUT2D eigenvalue weighted by Crippen LogP contribution is -2.50. The van der Waals surface area contributed by atoms with Crippen LogP contribution in [-0.2, 0) is 16.8 Å². The smallest absolute Gasteiger partial charge is 0.332 e. The van der Waals surface area contributed by atoms with Crippen molar-refractivity contribution in [2.45, 2.75) is 51.5 Å². The molecular formula is C31H31N3O2. The molecule has 5 nitrogen and oxygen atoms in total. The van der Waals surface area contributed by atoms with Crippen LogP contribution < -0.4 is 4.90 Å². The number of nitrogens with zero attached hydrogens (tertiary/aromatic N) is 2. The molecule has 0 radical (unpaired) electrons. The Morgan fingerprint density at radius 2 is 1.67 bits per heavy atom. The molecule has 1 saturated heterocycles. The predicted octanol–water partition coefficient (Wildman–Crippen LogP) is 6.68. The Hall–Kier alpha value is -3.86. The number of hydrogen-bond acceptors (Lipinski definition) is 2. The molecule has 0 bridgehead atoms. The van der Waals surface area contributed by atoms with Crippen LogP contribution in [0.2, 0.25) is 0 Å². The Morgan fingerprint density at radius 3 is 2.33 bits per heavy atom. The van der Waals surface area contributed by atoms with Crippen molar-refractivity contribution in [1.82, 2.24) is 9.88 Å². The summed E-state index contributed by atoms with van der Waals surface area (Å²) in [6.07, 6.45) is 0.977. The highest BCUT2D eigenvalue weighted by atomic mass is 16.2. The summed E-state index contributed by atoms with van der Waals surface area (Å²) in [5, 5.41) is 1.11. The van der Waals surface area contributed by atoms with Gasteiger partial charge in [-0.1, -0.05) is 75.4 Å². The second-order valence-corrected chi connectivity index (χ2v) is 10.5. The molecule has 182 valence electrons. The Morgan fingerprint density at radius 1 is 0.972 bits per heavy atom. The fraction of sp³-hybridized carbons (Fsp3) is 0.290. The van der Waals surface area contributed by atoms with Gasteiger partial charge in [0.2, 0.25) is 0 Å². The average molecular weight is 478 g/mol. The molecular weight excluding hydrogens is 446 g/mol. The van der Waals surface area contributed by atoms with E-state index in [4.69, 9.17) is 0 Å². The molecule has 0 spiro atoms. The van der Waals surface area contributed by atoms with Gasteiger partial charge in [-0.2, -0.15) is 0 Å². The fourth-order valence-electron chi connectivity index (χ4n) is 5.91. The van der Waals surface area contributed by atoms with Crippen molar-refractivity contribution in [1.29, 1.82) is 0 Å². The summed E-state index contributed by atoms with van der Waals surface area (Å²) in [7, 11) is 0. The molecule has 3 aromatic carbocycles. The van der Waals surface area contributed by atoms with Crippen LogP contribution in [0.4, 0.5) is 10.5 Å². The van der Waals surface area contributed by atoms with Gasteiger partial charge in [-0.3, -0.25) is 4.79 Å². The summed E-state index contributed by atoms with van der Waals surface area (Å²) in [6, 6.07) is 24.4. The maximum atomic E-state index is 14.1. The van der Waals surface area contributed by atoms with Crippen LogP contribution in [0.15, 0.2) is 72.8 Å². The van der Waals surface area contributed by atoms with E-state index in [1.165, 1.54) is 16.0 Å². The van der Waals surface area contributed by atoms with Crippen LogP contribution >= 0.6 is 0 Å². The van der Waals surface area contributed by atoms with Crippen molar-refractivity contribution in [3.63, 3.8) is 0 Å². The number of aromatic amines is 1. The van der Waals surface area contributed by atoms with Crippen molar-refractivity contribution in [2.75, 3.05) is 11.4 Å². The van der Waals surface area contributed by atoms with Crippen molar-refractivity contribution < 1.29 is 9.59 Å². The van der Waals surface area contributed by atoms with E-state index in [9.17, 15) is 9.59 Å². The molecule has 1 N–H and O–H groups in total. The van der Waals surface area contributed by atoms with Gasteiger partial charge in [-0.15, -0.1) is 0 Å². The fourth-order valence-corrected chi connectivity index (χ4v) is 5.91. The molecule has 2 aliphatic heterocycles. The van der Waals surface area contributed by atoms with Crippen molar-refractivity contribution in [3.05, 3.63) is 101 Å². The first kappa shape index (κ1) is 22.6. The molecule has 1 aromatic heterocycles. The highest BCUT2D eigenvalue weighted by molar-refractivity contribution is 6.23. The van der Waals surface area contributed by atoms with Crippen molar-refractivity contribution in [2.24, 2.45) is 0 Å². The van der Waals surface area contributed by atoms with Gasteiger partial charge in [0.25, 0.3) is 5.91 Å². The third kappa shape index (κ3) is 3.08. The number of benzene rings is 3. The second-order valence-electron chi connectivity index (χ2n) is 10.5. The van der Waals surface area contributed by atoms with Gasteiger partial charge in [0, 0.05) is 23.4 Å². The number of hydrogen-bond donors (Lipinski definition) is 1. The SMILES string of the molecule is CCc1ccc(C2CN3C(=O)N(c4ccc(C(C)C)cc4)C(=O)[C@]3(C)c3[nH]c4ccccc4c32)cc1. The van der Waals surface area contributed by atoms with Gasteiger partial charge in [-0.25, -0.2) is 9.69 Å². The molecule has 6 rings (SSSR count). The number of aromatic nitrogens is 1. The van der Waals surface area contributed by atoms with Crippen LogP contribution in [-0.4, -0.2) is 28.4 Å². The first-order chi connectivity index (χ1) is 17.3. The number of H-pyrrole nitrogens is 1. The molecule has 4 aromatic rings. The van der Waals surface area contributed by atoms with E-state index < -0.39 is 5.54 Å². The zero-order valence-corrected chi connectivity index (χ0v) is 21.2. The Kier molecular flexibility index (Phi) is 5.08. The summed E-state index contributed by atoms with van der Waals surface area (Å²) >= 11 is 0. The highest BCUT2D eigenvalue weighted by Gasteiger charge is 2.60. The van der Waals surface area contributed by atoms with E-state index in [1.807, 2.05) is 49.4 Å². The number of urea groups is 1. The molecule has 3 amide bonds. The number of carbonyl (C=O) groups is 2. The number of imide groups is 1.